The van der Waals surface area contributed by atoms with Gasteiger partial charge in [0.1, 0.15) is 18.3 Å². The summed E-state index contributed by atoms with van der Waals surface area (Å²) in [6.45, 7) is 5.26. The number of aliphatic hydroxyl groups is 3. The van der Waals surface area contributed by atoms with Crippen LogP contribution in [0, 0.1) is 0 Å². The highest BCUT2D eigenvalue weighted by atomic mass is 16.6. The Morgan fingerprint density at radius 2 is 0.889 bits per heavy atom. The third kappa shape index (κ3) is 6.44. The van der Waals surface area contributed by atoms with Crippen LogP contribution in [0.4, 0.5) is 0 Å². The van der Waals surface area contributed by atoms with Gasteiger partial charge in [0.05, 0.1) is 0 Å². The third-order valence-electron chi connectivity index (χ3n) is 4.19. The minimum atomic E-state index is -1.71. The third-order valence-corrected chi connectivity index (χ3v) is 4.19. The molecule has 0 aromatic rings. The van der Waals surface area contributed by atoms with Gasteiger partial charge in [-0.05, 0) is 19.3 Å². The highest BCUT2D eigenvalue weighted by Crippen LogP contribution is 2.29. The van der Waals surface area contributed by atoms with Crippen molar-refractivity contribution in [1.29, 1.82) is 0 Å². The SMILES string of the molecule is CCCC(=O)O[C@@H]1[C@H](O)[C@H](O)[C@@H](OC(=O)CCC)[C@H](OC(=O)CCC)[C@H]1O. The van der Waals surface area contributed by atoms with Crippen LogP contribution >= 0.6 is 0 Å². The molecular weight excluding hydrogens is 360 g/mol. The Hall–Kier alpha value is -1.71. The Kier molecular flexibility index (Phi) is 9.68. The lowest BCUT2D eigenvalue weighted by Crippen LogP contribution is -2.66. The first-order chi connectivity index (χ1) is 12.8. The molecule has 1 fully saturated rings. The fourth-order valence-corrected chi connectivity index (χ4v) is 2.82. The topological polar surface area (TPSA) is 140 Å². The summed E-state index contributed by atoms with van der Waals surface area (Å²) in [5.74, 6) is -2.01. The fourth-order valence-electron chi connectivity index (χ4n) is 2.82. The number of esters is 3. The summed E-state index contributed by atoms with van der Waals surface area (Å²) in [4.78, 5) is 35.5. The van der Waals surface area contributed by atoms with E-state index in [4.69, 9.17) is 14.2 Å². The zero-order valence-corrected chi connectivity index (χ0v) is 16.0. The summed E-state index contributed by atoms with van der Waals surface area (Å²) in [6.07, 6.45) is -7.89. The van der Waals surface area contributed by atoms with Crippen LogP contribution in [0.25, 0.3) is 0 Å². The number of ether oxygens (including phenoxy) is 3. The highest BCUT2D eigenvalue weighted by Gasteiger charge is 2.54. The zero-order valence-electron chi connectivity index (χ0n) is 16.0. The molecule has 0 radical (unpaired) electrons. The molecule has 1 saturated carbocycles. The Labute approximate surface area is 158 Å². The van der Waals surface area contributed by atoms with E-state index in [-0.39, 0.29) is 19.3 Å². The van der Waals surface area contributed by atoms with E-state index in [1.807, 2.05) is 0 Å². The van der Waals surface area contributed by atoms with Gasteiger partial charge in [-0.25, -0.2) is 0 Å². The van der Waals surface area contributed by atoms with Crippen LogP contribution in [0.2, 0.25) is 0 Å². The minimum absolute atomic E-state index is 0.0534. The molecule has 0 amide bonds. The molecule has 0 aliphatic heterocycles. The van der Waals surface area contributed by atoms with Gasteiger partial charge in [0, 0.05) is 19.3 Å². The summed E-state index contributed by atoms with van der Waals surface area (Å²) < 4.78 is 15.4. The molecule has 0 aromatic carbocycles. The van der Waals surface area contributed by atoms with Crippen LogP contribution in [0.1, 0.15) is 59.3 Å². The van der Waals surface area contributed by atoms with Crippen molar-refractivity contribution in [3.05, 3.63) is 0 Å². The fraction of sp³-hybridized carbons (Fsp3) is 0.833. The number of carbonyl (C=O) groups is 3. The summed E-state index contributed by atoms with van der Waals surface area (Å²) in [5, 5.41) is 31.2. The first kappa shape index (κ1) is 23.3. The molecule has 27 heavy (non-hydrogen) atoms. The van der Waals surface area contributed by atoms with Gasteiger partial charge in [-0.15, -0.1) is 0 Å². The molecule has 156 valence electrons. The first-order valence-electron chi connectivity index (χ1n) is 9.39. The molecule has 0 aromatic heterocycles. The Bertz CT molecular complexity index is 507. The summed E-state index contributed by atoms with van der Waals surface area (Å²) >= 11 is 0. The summed E-state index contributed by atoms with van der Waals surface area (Å²) in [7, 11) is 0. The molecule has 9 heteroatoms. The standard InChI is InChI=1S/C18H30O9/c1-4-7-10(19)25-16-13(22)14(23)17(26-11(20)8-5-2)18(15(16)24)27-12(21)9-6-3/h13-18,22-24H,4-9H2,1-3H3/t13-,14+,15+,16-,17-,18-/m1/s1. The quantitative estimate of drug-likeness (QED) is 0.372. The van der Waals surface area contributed by atoms with E-state index in [9.17, 15) is 29.7 Å². The van der Waals surface area contributed by atoms with Gasteiger partial charge in [0.25, 0.3) is 0 Å². The lowest BCUT2D eigenvalue weighted by atomic mass is 9.84. The Morgan fingerprint density at radius 3 is 1.26 bits per heavy atom. The van der Waals surface area contributed by atoms with Crippen LogP contribution in [-0.4, -0.2) is 69.9 Å². The second-order valence-electron chi connectivity index (χ2n) is 6.59. The van der Waals surface area contributed by atoms with E-state index in [1.165, 1.54) is 0 Å². The van der Waals surface area contributed by atoms with Crippen molar-refractivity contribution >= 4 is 17.9 Å². The van der Waals surface area contributed by atoms with Crippen molar-refractivity contribution in [3.8, 4) is 0 Å². The van der Waals surface area contributed by atoms with E-state index >= 15 is 0 Å². The van der Waals surface area contributed by atoms with Crippen molar-refractivity contribution < 1.29 is 43.9 Å². The molecule has 9 nitrogen and oxygen atoms in total. The average Bonchev–Trinajstić information content (AvgIpc) is 2.60. The zero-order chi connectivity index (χ0) is 20.6. The second kappa shape index (κ2) is 11.2. The van der Waals surface area contributed by atoms with Gasteiger partial charge in [-0.3, -0.25) is 14.4 Å². The lowest BCUT2D eigenvalue weighted by Gasteiger charge is -2.44. The molecule has 0 bridgehead atoms. The minimum Gasteiger partial charge on any atom is -0.457 e. The van der Waals surface area contributed by atoms with Crippen molar-refractivity contribution in [3.63, 3.8) is 0 Å². The smallest absolute Gasteiger partial charge is 0.306 e. The average molecular weight is 390 g/mol. The largest absolute Gasteiger partial charge is 0.457 e. The highest BCUT2D eigenvalue weighted by molar-refractivity contribution is 5.71. The van der Waals surface area contributed by atoms with Gasteiger partial charge in [-0.1, -0.05) is 20.8 Å². The van der Waals surface area contributed by atoms with Crippen molar-refractivity contribution in [2.45, 2.75) is 95.9 Å². The maximum Gasteiger partial charge on any atom is 0.306 e. The number of hydrogen-bond acceptors (Lipinski definition) is 9. The number of hydrogen-bond donors (Lipinski definition) is 3. The van der Waals surface area contributed by atoms with Crippen molar-refractivity contribution in [2.24, 2.45) is 0 Å². The maximum absolute atomic E-state index is 11.9. The van der Waals surface area contributed by atoms with Crippen LogP contribution in [0.15, 0.2) is 0 Å². The summed E-state index contributed by atoms with van der Waals surface area (Å²) in [6, 6.07) is 0. The number of rotatable bonds is 9. The van der Waals surface area contributed by atoms with Gasteiger partial charge < -0.3 is 29.5 Å². The Balaban J connectivity index is 3.05. The second-order valence-corrected chi connectivity index (χ2v) is 6.59. The Morgan fingerprint density at radius 1 is 0.593 bits per heavy atom. The van der Waals surface area contributed by atoms with Crippen LogP contribution < -0.4 is 0 Å². The van der Waals surface area contributed by atoms with Crippen molar-refractivity contribution in [1.82, 2.24) is 0 Å². The van der Waals surface area contributed by atoms with Gasteiger partial charge >= 0.3 is 17.9 Å². The predicted octanol–water partition coefficient (Wildman–Crippen LogP) is 0.218. The normalized spacial score (nSPS) is 30.4. The van der Waals surface area contributed by atoms with Gasteiger partial charge in [0.15, 0.2) is 18.3 Å². The maximum atomic E-state index is 11.9. The molecule has 1 rings (SSSR count). The van der Waals surface area contributed by atoms with E-state index in [0.717, 1.165) is 0 Å². The molecule has 3 N–H and O–H groups in total. The number of carbonyl (C=O) groups excluding carboxylic acids is 3. The molecule has 1 aliphatic carbocycles. The molecule has 0 spiro atoms. The molecule has 0 saturated heterocycles. The van der Waals surface area contributed by atoms with Gasteiger partial charge in [0.2, 0.25) is 0 Å². The predicted molar refractivity (Wildman–Crippen MR) is 92.4 cm³/mol. The number of aliphatic hydroxyl groups excluding tert-OH is 3. The summed E-state index contributed by atoms with van der Waals surface area (Å²) in [5.41, 5.74) is 0. The van der Waals surface area contributed by atoms with Crippen molar-refractivity contribution in [2.75, 3.05) is 0 Å². The molecule has 6 atom stereocenters. The van der Waals surface area contributed by atoms with E-state index in [2.05, 4.69) is 0 Å². The monoisotopic (exact) mass is 390 g/mol. The van der Waals surface area contributed by atoms with Crippen LogP contribution in [0.5, 0.6) is 0 Å². The molecule has 0 unspecified atom stereocenters. The van der Waals surface area contributed by atoms with Gasteiger partial charge in [-0.2, -0.15) is 0 Å². The van der Waals surface area contributed by atoms with E-state index in [1.54, 1.807) is 20.8 Å². The molecule has 1 aliphatic rings. The van der Waals surface area contributed by atoms with Crippen LogP contribution in [-0.2, 0) is 28.6 Å². The van der Waals surface area contributed by atoms with E-state index < -0.39 is 54.5 Å². The first-order valence-corrected chi connectivity index (χ1v) is 9.39. The molecule has 0 heterocycles. The molecular formula is C18H30O9. The van der Waals surface area contributed by atoms with Crippen LogP contribution in [0.3, 0.4) is 0 Å². The lowest BCUT2D eigenvalue weighted by molar-refractivity contribution is -0.247. The van der Waals surface area contributed by atoms with E-state index in [0.29, 0.717) is 19.3 Å².